The van der Waals surface area contributed by atoms with Crippen LogP contribution < -0.4 is 5.32 Å². The quantitative estimate of drug-likeness (QED) is 0.785. The first-order valence-corrected chi connectivity index (χ1v) is 7.39. The molecule has 0 saturated carbocycles. The zero-order chi connectivity index (χ0) is 14.8. The molecular formula is C16H14N2O2S. The molecule has 106 valence electrons. The highest BCUT2D eigenvalue weighted by Gasteiger charge is 2.19. The van der Waals surface area contributed by atoms with Gasteiger partial charge in [0.15, 0.2) is 17.8 Å². The Morgan fingerprint density at radius 2 is 2.10 bits per heavy atom. The summed E-state index contributed by atoms with van der Waals surface area (Å²) in [5.74, 6) is 0.238. The molecule has 2 heterocycles. The van der Waals surface area contributed by atoms with Gasteiger partial charge < -0.3 is 9.73 Å². The summed E-state index contributed by atoms with van der Waals surface area (Å²) in [6.07, 6.45) is 1.30. The highest BCUT2D eigenvalue weighted by molar-refractivity contribution is 7.13. The van der Waals surface area contributed by atoms with Crippen molar-refractivity contribution < 1.29 is 9.21 Å². The molecule has 0 fully saturated rings. The van der Waals surface area contributed by atoms with E-state index in [9.17, 15) is 4.79 Å². The minimum absolute atomic E-state index is 0.268. The van der Waals surface area contributed by atoms with Crippen LogP contribution in [0.3, 0.4) is 0 Å². The van der Waals surface area contributed by atoms with Crippen molar-refractivity contribution in [1.29, 1.82) is 0 Å². The fourth-order valence-corrected chi connectivity index (χ4v) is 2.71. The minimum atomic E-state index is -0.268. The van der Waals surface area contributed by atoms with Crippen molar-refractivity contribution in [2.24, 2.45) is 0 Å². The second-order valence-electron chi connectivity index (χ2n) is 4.76. The Morgan fingerprint density at radius 1 is 1.24 bits per heavy atom. The third-order valence-corrected chi connectivity index (χ3v) is 4.16. The van der Waals surface area contributed by atoms with Crippen LogP contribution in [0.5, 0.6) is 0 Å². The predicted octanol–water partition coefficient (Wildman–Crippen LogP) is 4.27. The van der Waals surface area contributed by atoms with Crippen LogP contribution in [0.25, 0.3) is 10.6 Å². The van der Waals surface area contributed by atoms with Gasteiger partial charge in [-0.15, -0.1) is 11.3 Å². The smallest absolute Gasteiger partial charge is 0.278 e. The van der Waals surface area contributed by atoms with Crippen LogP contribution in [-0.2, 0) is 0 Å². The van der Waals surface area contributed by atoms with Crippen molar-refractivity contribution in [3.8, 4) is 10.6 Å². The largest absolute Gasteiger partial charge is 0.442 e. The van der Waals surface area contributed by atoms with Crippen molar-refractivity contribution in [2.75, 3.05) is 5.32 Å². The maximum Gasteiger partial charge on any atom is 0.278 e. The molecule has 0 aliphatic heterocycles. The third kappa shape index (κ3) is 2.73. The molecule has 4 nitrogen and oxygen atoms in total. The number of oxazole rings is 1. The summed E-state index contributed by atoms with van der Waals surface area (Å²) in [4.78, 5) is 17.3. The Hall–Kier alpha value is -2.40. The van der Waals surface area contributed by atoms with E-state index in [0.717, 1.165) is 16.1 Å². The van der Waals surface area contributed by atoms with E-state index in [-0.39, 0.29) is 5.91 Å². The fraction of sp³-hybridized carbons (Fsp3) is 0.125. The molecule has 1 amide bonds. The third-order valence-electron chi connectivity index (χ3n) is 3.29. The van der Waals surface area contributed by atoms with Crippen molar-refractivity contribution in [3.63, 3.8) is 0 Å². The van der Waals surface area contributed by atoms with Gasteiger partial charge in [-0.2, -0.15) is 0 Å². The van der Waals surface area contributed by atoms with Crippen LogP contribution in [0.4, 0.5) is 5.69 Å². The first kappa shape index (κ1) is 13.6. The van der Waals surface area contributed by atoms with E-state index in [0.29, 0.717) is 11.5 Å². The molecule has 0 bridgehead atoms. The van der Waals surface area contributed by atoms with Gasteiger partial charge in [0.05, 0.1) is 4.88 Å². The number of hydrogen-bond donors (Lipinski definition) is 1. The first-order valence-electron chi connectivity index (χ1n) is 6.51. The number of benzene rings is 1. The molecule has 1 aromatic carbocycles. The minimum Gasteiger partial charge on any atom is -0.442 e. The lowest BCUT2D eigenvalue weighted by Gasteiger charge is -2.06. The van der Waals surface area contributed by atoms with E-state index in [1.807, 2.05) is 49.6 Å². The molecular weight excluding hydrogens is 284 g/mol. The molecule has 3 rings (SSSR count). The number of anilines is 1. The van der Waals surface area contributed by atoms with E-state index in [4.69, 9.17) is 4.42 Å². The van der Waals surface area contributed by atoms with Gasteiger partial charge in [-0.3, -0.25) is 4.79 Å². The van der Waals surface area contributed by atoms with Gasteiger partial charge in [0.2, 0.25) is 0 Å². The molecule has 3 aromatic rings. The normalized spacial score (nSPS) is 10.6. The summed E-state index contributed by atoms with van der Waals surface area (Å²) < 4.78 is 5.35. The number of carbonyl (C=O) groups excluding carboxylic acids is 1. The van der Waals surface area contributed by atoms with Crippen LogP contribution in [0.1, 0.15) is 21.6 Å². The Labute approximate surface area is 126 Å². The second-order valence-corrected chi connectivity index (χ2v) is 5.71. The van der Waals surface area contributed by atoms with E-state index in [1.165, 1.54) is 23.3 Å². The van der Waals surface area contributed by atoms with Crippen molar-refractivity contribution in [3.05, 3.63) is 58.9 Å². The molecule has 0 spiro atoms. The van der Waals surface area contributed by atoms with Gasteiger partial charge in [0.25, 0.3) is 5.91 Å². The summed E-state index contributed by atoms with van der Waals surface area (Å²) in [6, 6.07) is 9.61. The lowest BCUT2D eigenvalue weighted by atomic mass is 10.1. The Kier molecular flexibility index (Phi) is 3.58. The average Bonchev–Trinajstić information content (AvgIpc) is 3.12. The molecule has 1 N–H and O–H groups in total. The monoisotopic (exact) mass is 298 g/mol. The lowest BCUT2D eigenvalue weighted by molar-refractivity contribution is 0.102. The molecule has 0 radical (unpaired) electrons. The summed E-state index contributed by atoms with van der Waals surface area (Å²) in [6.45, 7) is 4.05. The van der Waals surface area contributed by atoms with Crippen LogP contribution in [-0.4, -0.2) is 10.9 Å². The van der Waals surface area contributed by atoms with Gasteiger partial charge in [-0.25, -0.2) is 4.98 Å². The lowest BCUT2D eigenvalue weighted by Crippen LogP contribution is -2.13. The van der Waals surface area contributed by atoms with E-state index in [2.05, 4.69) is 10.3 Å². The predicted molar refractivity (Wildman–Crippen MR) is 83.7 cm³/mol. The van der Waals surface area contributed by atoms with Crippen LogP contribution in [0, 0.1) is 13.8 Å². The SMILES string of the molecule is Cc1ccc(NC(=O)c2ncoc2-c2cccs2)cc1C. The Bertz CT molecular complexity index is 775. The second kappa shape index (κ2) is 5.54. The van der Waals surface area contributed by atoms with Crippen LogP contribution >= 0.6 is 11.3 Å². The van der Waals surface area contributed by atoms with E-state index >= 15 is 0 Å². The topological polar surface area (TPSA) is 55.1 Å². The number of nitrogens with zero attached hydrogens (tertiary/aromatic N) is 1. The Balaban J connectivity index is 1.86. The van der Waals surface area contributed by atoms with Crippen molar-refractivity contribution in [2.45, 2.75) is 13.8 Å². The van der Waals surface area contributed by atoms with Gasteiger partial charge in [-0.1, -0.05) is 12.1 Å². The number of rotatable bonds is 3. The number of nitrogens with one attached hydrogen (secondary N) is 1. The zero-order valence-electron chi connectivity index (χ0n) is 11.7. The van der Waals surface area contributed by atoms with Gasteiger partial charge in [0.1, 0.15) is 0 Å². The van der Waals surface area contributed by atoms with Gasteiger partial charge >= 0.3 is 0 Å². The van der Waals surface area contributed by atoms with Crippen molar-refractivity contribution in [1.82, 2.24) is 4.98 Å². The molecule has 0 aliphatic carbocycles. The molecule has 0 unspecified atom stereocenters. The van der Waals surface area contributed by atoms with E-state index in [1.54, 1.807) is 0 Å². The number of hydrogen-bond acceptors (Lipinski definition) is 4. The molecule has 21 heavy (non-hydrogen) atoms. The first-order chi connectivity index (χ1) is 10.1. The zero-order valence-corrected chi connectivity index (χ0v) is 12.5. The van der Waals surface area contributed by atoms with Crippen LogP contribution in [0.15, 0.2) is 46.5 Å². The summed E-state index contributed by atoms with van der Waals surface area (Å²) in [7, 11) is 0. The molecule has 0 atom stereocenters. The highest BCUT2D eigenvalue weighted by Crippen LogP contribution is 2.28. The molecule has 2 aromatic heterocycles. The number of amides is 1. The Morgan fingerprint density at radius 3 is 2.81 bits per heavy atom. The summed E-state index contributed by atoms with van der Waals surface area (Å²) in [5, 5.41) is 4.79. The average molecular weight is 298 g/mol. The fourth-order valence-electron chi connectivity index (χ4n) is 2.00. The molecule has 0 saturated heterocycles. The van der Waals surface area contributed by atoms with Gasteiger partial charge in [0, 0.05) is 5.69 Å². The van der Waals surface area contributed by atoms with Gasteiger partial charge in [-0.05, 0) is 48.6 Å². The maximum atomic E-state index is 12.4. The van der Waals surface area contributed by atoms with Crippen LogP contribution in [0.2, 0.25) is 0 Å². The highest BCUT2D eigenvalue weighted by atomic mass is 32.1. The van der Waals surface area contributed by atoms with Crippen molar-refractivity contribution >= 4 is 22.9 Å². The summed E-state index contributed by atoms with van der Waals surface area (Å²) in [5.41, 5.74) is 3.37. The number of aryl methyl sites for hydroxylation is 2. The number of aromatic nitrogens is 1. The maximum absolute atomic E-state index is 12.4. The number of thiophene rings is 1. The van der Waals surface area contributed by atoms with E-state index < -0.39 is 0 Å². The molecule has 5 heteroatoms. The summed E-state index contributed by atoms with van der Waals surface area (Å²) >= 11 is 1.51. The number of carbonyl (C=O) groups is 1. The molecule has 0 aliphatic rings. The standard InChI is InChI=1S/C16H14N2O2S/c1-10-5-6-12(8-11(10)2)18-16(19)14-15(20-9-17-14)13-4-3-7-21-13/h3-9H,1-2H3,(H,18,19).